The average molecular weight is 252 g/mol. The van der Waals surface area contributed by atoms with Gasteiger partial charge in [-0.15, -0.1) is 0 Å². The highest BCUT2D eigenvalue weighted by atomic mass is 16.5. The molecule has 0 fully saturated rings. The molecule has 1 aromatic carbocycles. The molecular formula is C14H20O4. The number of aliphatic hydroxyl groups is 1. The van der Waals surface area contributed by atoms with Gasteiger partial charge in [0.1, 0.15) is 5.75 Å². The predicted molar refractivity (Wildman–Crippen MR) is 68.7 cm³/mol. The summed E-state index contributed by atoms with van der Waals surface area (Å²) in [6.45, 7) is 5.21. The van der Waals surface area contributed by atoms with Gasteiger partial charge in [-0.3, -0.25) is 0 Å². The Balaban J connectivity index is 2.97. The third-order valence-corrected chi connectivity index (χ3v) is 3.13. The lowest BCUT2D eigenvalue weighted by molar-refractivity contribution is -0.165. The quantitative estimate of drug-likeness (QED) is 0.815. The first-order valence-corrected chi connectivity index (χ1v) is 5.97. The van der Waals surface area contributed by atoms with Gasteiger partial charge in [-0.05, 0) is 31.5 Å². The lowest BCUT2D eigenvalue weighted by atomic mass is 9.85. The molecule has 1 rings (SSSR count). The minimum absolute atomic E-state index is 0.250. The minimum Gasteiger partial charge on any atom is -0.497 e. The molecule has 0 saturated carbocycles. The highest BCUT2D eigenvalue weighted by Crippen LogP contribution is 2.30. The van der Waals surface area contributed by atoms with Crippen molar-refractivity contribution in [1.29, 1.82) is 0 Å². The standard InChI is InChI=1S/C14H20O4/c1-5-18-13(15)14(3,16)10(2)11-7-6-8-12(9-11)17-4/h6-10,16H,5H2,1-4H3. The Morgan fingerprint density at radius 1 is 1.50 bits per heavy atom. The van der Waals surface area contributed by atoms with Gasteiger partial charge in [0.15, 0.2) is 5.60 Å². The van der Waals surface area contributed by atoms with Gasteiger partial charge in [-0.2, -0.15) is 0 Å². The molecule has 2 atom stereocenters. The van der Waals surface area contributed by atoms with Gasteiger partial charge in [0.05, 0.1) is 13.7 Å². The maximum atomic E-state index is 11.7. The second-order valence-electron chi connectivity index (χ2n) is 4.37. The first kappa shape index (κ1) is 14.5. The topological polar surface area (TPSA) is 55.8 Å². The molecule has 18 heavy (non-hydrogen) atoms. The van der Waals surface area contributed by atoms with Gasteiger partial charge in [0.25, 0.3) is 0 Å². The number of carbonyl (C=O) groups excluding carboxylic acids is 1. The maximum absolute atomic E-state index is 11.7. The van der Waals surface area contributed by atoms with E-state index >= 15 is 0 Å². The number of rotatable bonds is 5. The molecule has 0 aliphatic rings. The zero-order chi connectivity index (χ0) is 13.8. The summed E-state index contributed by atoms with van der Waals surface area (Å²) in [4.78, 5) is 11.7. The summed E-state index contributed by atoms with van der Waals surface area (Å²) < 4.78 is 10.0. The van der Waals surface area contributed by atoms with Gasteiger partial charge in [0, 0.05) is 5.92 Å². The number of hydrogen-bond donors (Lipinski definition) is 1. The van der Waals surface area contributed by atoms with E-state index < -0.39 is 11.6 Å². The molecule has 0 heterocycles. The first-order valence-electron chi connectivity index (χ1n) is 5.97. The third-order valence-electron chi connectivity index (χ3n) is 3.13. The van der Waals surface area contributed by atoms with Crippen molar-refractivity contribution in [3.63, 3.8) is 0 Å². The van der Waals surface area contributed by atoms with Crippen molar-refractivity contribution in [2.45, 2.75) is 32.3 Å². The predicted octanol–water partition coefficient (Wildman–Crippen LogP) is 2.11. The van der Waals surface area contributed by atoms with Crippen LogP contribution in [0.2, 0.25) is 0 Å². The molecule has 0 spiro atoms. The van der Waals surface area contributed by atoms with Crippen LogP contribution in [0, 0.1) is 0 Å². The van der Waals surface area contributed by atoms with E-state index in [0.717, 1.165) is 5.56 Å². The van der Waals surface area contributed by atoms with Crippen LogP contribution in [0.5, 0.6) is 5.75 Å². The van der Waals surface area contributed by atoms with Crippen molar-refractivity contribution in [1.82, 2.24) is 0 Å². The van der Waals surface area contributed by atoms with Crippen molar-refractivity contribution >= 4 is 5.97 Å². The van der Waals surface area contributed by atoms with Crippen LogP contribution in [-0.4, -0.2) is 30.4 Å². The molecular weight excluding hydrogens is 232 g/mol. The monoisotopic (exact) mass is 252 g/mol. The summed E-state index contributed by atoms with van der Waals surface area (Å²) in [5.74, 6) is -0.300. The molecule has 0 saturated heterocycles. The van der Waals surface area contributed by atoms with E-state index in [9.17, 15) is 9.90 Å². The Hall–Kier alpha value is -1.55. The summed E-state index contributed by atoms with van der Waals surface area (Å²) in [6, 6.07) is 7.29. The second kappa shape index (κ2) is 5.87. The normalized spacial score (nSPS) is 15.6. The summed E-state index contributed by atoms with van der Waals surface area (Å²) >= 11 is 0. The Kier molecular flexibility index (Phi) is 4.73. The number of carbonyl (C=O) groups is 1. The first-order chi connectivity index (χ1) is 8.43. The van der Waals surface area contributed by atoms with Crippen molar-refractivity contribution in [2.24, 2.45) is 0 Å². The molecule has 0 bridgehead atoms. The summed E-state index contributed by atoms with van der Waals surface area (Å²) in [5.41, 5.74) is -0.727. The third kappa shape index (κ3) is 3.01. The van der Waals surface area contributed by atoms with E-state index in [1.807, 2.05) is 18.2 Å². The minimum atomic E-state index is -1.55. The molecule has 0 amide bonds. The van der Waals surface area contributed by atoms with Crippen LogP contribution < -0.4 is 4.74 Å². The van der Waals surface area contributed by atoms with Crippen LogP contribution in [0.3, 0.4) is 0 Å². The fourth-order valence-electron chi connectivity index (χ4n) is 1.69. The SMILES string of the molecule is CCOC(=O)C(C)(O)C(C)c1cccc(OC)c1. The van der Waals surface area contributed by atoms with E-state index in [1.165, 1.54) is 6.92 Å². The number of esters is 1. The largest absolute Gasteiger partial charge is 0.497 e. The highest BCUT2D eigenvalue weighted by molar-refractivity contribution is 5.80. The lowest BCUT2D eigenvalue weighted by Gasteiger charge is -2.28. The molecule has 0 radical (unpaired) electrons. The van der Waals surface area contributed by atoms with Crippen LogP contribution in [-0.2, 0) is 9.53 Å². The lowest BCUT2D eigenvalue weighted by Crippen LogP contribution is -2.41. The zero-order valence-electron chi connectivity index (χ0n) is 11.3. The van der Waals surface area contributed by atoms with Gasteiger partial charge in [-0.1, -0.05) is 19.1 Å². The van der Waals surface area contributed by atoms with Crippen molar-refractivity contribution in [2.75, 3.05) is 13.7 Å². The molecule has 4 heteroatoms. The average Bonchev–Trinajstić information content (AvgIpc) is 2.38. The maximum Gasteiger partial charge on any atom is 0.338 e. The van der Waals surface area contributed by atoms with E-state index in [4.69, 9.17) is 9.47 Å². The van der Waals surface area contributed by atoms with Crippen molar-refractivity contribution < 1.29 is 19.4 Å². The fourth-order valence-corrected chi connectivity index (χ4v) is 1.69. The van der Waals surface area contributed by atoms with Gasteiger partial charge in [-0.25, -0.2) is 4.79 Å². The van der Waals surface area contributed by atoms with E-state index in [1.54, 1.807) is 27.0 Å². The number of ether oxygens (including phenoxy) is 2. The van der Waals surface area contributed by atoms with E-state index in [-0.39, 0.29) is 12.5 Å². The van der Waals surface area contributed by atoms with Crippen LogP contribution >= 0.6 is 0 Å². The molecule has 1 aromatic rings. The molecule has 4 nitrogen and oxygen atoms in total. The number of hydrogen-bond acceptors (Lipinski definition) is 4. The van der Waals surface area contributed by atoms with Crippen molar-refractivity contribution in [3.05, 3.63) is 29.8 Å². The summed E-state index contributed by atoms with van der Waals surface area (Å²) in [7, 11) is 1.58. The van der Waals surface area contributed by atoms with Gasteiger partial charge >= 0.3 is 5.97 Å². The molecule has 0 aromatic heterocycles. The Bertz CT molecular complexity index is 412. The fraction of sp³-hybridized carbons (Fsp3) is 0.500. The van der Waals surface area contributed by atoms with Crippen molar-refractivity contribution in [3.8, 4) is 5.75 Å². The summed E-state index contributed by atoms with van der Waals surface area (Å²) in [5, 5.41) is 10.3. The summed E-state index contributed by atoms with van der Waals surface area (Å²) in [6.07, 6.45) is 0. The van der Waals surface area contributed by atoms with Crippen LogP contribution in [0.1, 0.15) is 32.3 Å². The molecule has 100 valence electrons. The molecule has 1 N–H and O–H groups in total. The smallest absolute Gasteiger partial charge is 0.338 e. The Labute approximate surface area is 108 Å². The molecule has 0 aliphatic heterocycles. The van der Waals surface area contributed by atoms with Gasteiger partial charge < -0.3 is 14.6 Å². The van der Waals surface area contributed by atoms with E-state index in [2.05, 4.69) is 0 Å². The van der Waals surface area contributed by atoms with E-state index in [0.29, 0.717) is 5.75 Å². The second-order valence-corrected chi connectivity index (χ2v) is 4.37. The van der Waals surface area contributed by atoms with Crippen LogP contribution in [0.15, 0.2) is 24.3 Å². The highest BCUT2D eigenvalue weighted by Gasteiger charge is 2.38. The Morgan fingerprint density at radius 3 is 2.72 bits per heavy atom. The zero-order valence-corrected chi connectivity index (χ0v) is 11.3. The number of methoxy groups -OCH3 is 1. The van der Waals surface area contributed by atoms with Crippen LogP contribution in [0.4, 0.5) is 0 Å². The van der Waals surface area contributed by atoms with Gasteiger partial charge in [0.2, 0.25) is 0 Å². The Morgan fingerprint density at radius 2 is 2.17 bits per heavy atom. The van der Waals surface area contributed by atoms with Crippen LogP contribution in [0.25, 0.3) is 0 Å². The molecule has 0 aliphatic carbocycles. The number of benzene rings is 1. The molecule has 2 unspecified atom stereocenters.